The molecule has 1 aliphatic rings. The molecule has 0 unspecified atom stereocenters. The number of allylic oxidation sites excluding steroid dienone is 2. The van der Waals surface area contributed by atoms with Crippen LogP contribution in [-0.2, 0) is 12.0 Å². The largest absolute Gasteiger partial charge is 0.392 e. The Hall–Kier alpha value is -7.26. The Morgan fingerprint density at radius 2 is 1.09 bits per heavy atom. The molecule has 0 aromatic heterocycles. The zero-order chi connectivity index (χ0) is 44.4. The van der Waals surface area contributed by atoms with Crippen molar-refractivity contribution in [2.75, 3.05) is 4.90 Å². The molecule has 0 heterocycles. The van der Waals surface area contributed by atoms with E-state index in [2.05, 4.69) is 241 Å². The lowest BCUT2D eigenvalue weighted by atomic mass is 9.82. The lowest BCUT2D eigenvalue weighted by Crippen LogP contribution is -2.15. The quantitative estimate of drug-likeness (QED) is 0.104. The summed E-state index contributed by atoms with van der Waals surface area (Å²) in [4.78, 5) is 2.40. The van der Waals surface area contributed by atoms with E-state index in [1.165, 1.54) is 61.2 Å². The maximum Gasteiger partial charge on any atom is 0.0681 e. The van der Waals surface area contributed by atoms with Gasteiger partial charge in [-0.05, 0) is 148 Å². The van der Waals surface area contributed by atoms with Gasteiger partial charge in [0.05, 0.1) is 6.61 Å². The minimum atomic E-state index is -0.0840. The van der Waals surface area contributed by atoms with Crippen molar-refractivity contribution in [3.8, 4) is 11.1 Å². The van der Waals surface area contributed by atoms with Crippen molar-refractivity contribution in [2.45, 2.75) is 53.6 Å². The number of rotatable bonds is 11. The average molecular weight is 830 g/mol. The maximum atomic E-state index is 9.82. The summed E-state index contributed by atoms with van der Waals surface area (Å²) in [5.74, 6) is 0. The second kappa shape index (κ2) is 17.8. The van der Waals surface area contributed by atoms with E-state index in [1.54, 1.807) is 0 Å². The summed E-state index contributed by atoms with van der Waals surface area (Å²) >= 11 is 0. The van der Waals surface area contributed by atoms with E-state index in [4.69, 9.17) is 0 Å². The molecule has 0 radical (unpaired) electrons. The topological polar surface area (TPSA) is 23.5 Å². The number of fused-ring (bicyclic) bond motifs is 3. The molecule has 0 saturated carbocycles. The molecule has 0 spiro atoms. The molecule has 8 aromatic rings. The van der Waals surface area contributed by atoms with Gasteiger partial charge in [-0.1, -0.05) is 194 Å². The highest BCUT2D eigenvalue weighted by Crippen LogP contribution is 2.50. The molecule has 314 valence electrons. The molecule has 0 amide bonds. The minimum Gasteiger partial charge on any atom is -0.392 e. The van der Waals surface area contributed by atoms with Gasteiger partial charge in [0.2, 0.25) is 0 Å². The molecule has 64 heavy (non-hydrogen) atoms. The predicted octanol–water partition coefficient (Wildman–Crippen LogP) is 15.9. The first-order chi connectivity index (χ1) is 31.0. The summed E-state index contributed by atoms with van der Waals surface area (Å²) < 4.78 is 0. The van der Waals surface area contributed by atoms with Gasteiger partial charge in [0, 0.05) is 22.5 Å². The lowest BCUT2D eigenvalue weighted by molar-refractivity contribution is 0.282. The fourth-order valence-electron chi connectivity index (χ4n) is 9.22. The van der Waals surface area contributed by atoms with Crippen molar-refractivity contribution in [3.63, 3.8) is 0 Å². The normalized spacial score (nSPS) is 12.8. The highest BCUT2D eigenvalue weighted by molar-refractivity contribution is 5.93. The van der Waals surface area contributed by atoms with E-state index < -0.39 is 0 Å². The first-order valence-electron chi connectivity index (χ1n) is 22.3. The maximum absolute atomic E-state index is 9.82. The van der Waals surface area contributed by atoms with Crippen LogP contribution in [0.1, 0.15) is 86.2 Å². The number of nitrogens with zero attached hydrogens (tertiary/aromatic N) is 1. The molecule has 0 saturated heterocycles. The number of aliphatic hydroxyl groups excluding tert-OH is 1. The van der Waals surface area contributed by atoms with Gasteiger partial charge in [0.25, 0.3) is 0 Å². The van der Waals surface area contributed by atoms with E-state index in [9.17, 15) is 5.11 Å². The van der Waals surface area contributed by atoms with Gasteiger partial charge in [0.15, 0.2) is 0 Å². The van der Waals surface area contributed by atoms with Crippen molar-refractivity contribution >= 4 is 40.4 Å². The molecule has 0 aliphatic heterocycles. The summed E-state index contributed by atoms with van der Waals surface area (Å²) in [6.45, 7) is 13.3. The van der Waals surface area contributed by atoms with Crippen molar-refractivity contribution in [1.82, 2.24) is 0 Å². The molecule has 2 nitrogen and oxygen atoms in total. The van der Waals surface area contributed by atoms with Crippen LogP contribution in [0.25, 0.3) is 34.4 Å². The third-order valence-corrected chi connectivity index (χ3v) is 12.7. The van der Waals surface area contributed by atoms with Crippen LogP contribution in [0.2, 0.25) is 0 Å². The monoisotopic (exact) mass is 829 g/mol. The van der Waals surface area contributed by atoms with Gasteiger partial charge in [-0.3, -0.25) is 0 Å². The molecule has 1 N–H and O–H groups in total. The fourth-order valence-corrected chi connectivity index (χ4v) is 9.22. The fraction of sp³-hybridized carbons (Fsp3) is 0.129. The molecular formula is C62H55NO. The smallest absolute Gasteiger partial charge is 0.0681 e. The SMILES string of the molecule is Cc1ccc(C(=C/C=C/c2ccc(N(c3cc(C)cc(/C=C(\c4ccc(CO)cc4)c4cccc(C)c4)c3)c3ccc4c(c3)-c3ccccc3C4(C)C)cc2)c2ccc(C)cc2)cc1. The third kappa shape index (κ3) is 8.71. The molecule has 9 rings (SSSR count). The van der Waals surface area contributed by atoms with Gasteiger partial charge in [-0.2, -0.15) is 0 Å². The van der Waals surface area contributed by atoms with Crippen LogP contribution in [-0.4, -0.2) is 5.11 Å². The van der Waals surface area contributed by atoms with Crippen LogP contribution >= 0.6 is 0 Å². The van der Waals surface area contributed by atoms with Gasteiger partial charge in [-0.15, -0.1) is 0 Å². The van der Waals surface area contributed by atoms with E-state index in [1.807, 2.05) is 12.1 Å². The lowest BCUT2D eigenvalue weighted by Gasteiger charge is -2.28. The van der Waals surface area contributed by atoms with Gasteiger partial charge < -0.3 is 10.0 Å². The Morgan fingerprint density at radius 3 is 1.77 bits per heavy atom. The number of hydrogen-bond acceptors (Lipinski definition) is 2. The summed E-state index contributed by atoms with van der Waals surface area (Å²) in [5, 5.41) is 9.82. The van der Waals surface area contributed by atoms with Crippen molar-refractivity contribution in [2.24, 2.45) is 0 Å². The van der Waals surface area contributed by atoms with Crippen LogP contribution in [0.4, 0.5) is 17.1 Å². The van der Waals surface area contributed by atoms with Crippen molar-refractivity contribution < 1.29 is 5.11 Å². The highest BCUT2D eigenvalue weighted by atomic mass is 16.3. The molecule has 8 aromatic carbocycles. The Labute approximate surface area is 379 Å². The van der Waals surface area contributed by atoms with E-state index in [0.29, 0.717) is 0 Å². The number of benzene rings is 8. The molecule has 2 heteroatoms. The third-order valence-electron chi connectivity index (χ3n) is 12.7. The molecule has 0 fully saturated rings. The zero-order valence-corrected chi connectivity index (χ0v) is 37.7. The number of anilines is 3. The number of aliphatic hydroxyl groups is 1. The Bertz CT molecular complexity index is 3000. The van der Waals surface area contributed by atoms with Crippen LogP contribution in [0.5, 0.6) is 0 Å². The van der Waals surface area contributed by atoms with E-state index in [0.717, 1.165) is 50.5 Å². The Morgan fingerprint density at radius 1 is 0.469 bits per heavy atom. The summed E-state index contributed by atoms with van der Waals surface area (Å²) in [5.41, 5.74) is 23.5. The van der Waals surface area contributed by atoms with E-state index in [-0.39, 0.29) is 12.0 Å². The molecular weight excluding hydrogens is 775 g/mol. The van der Waals surface area contributed by atoms with Gasteiger partial charge >= 0.3 is 0 Å². The van der Waals surface area contributed by atoms with Crippen LogP contribution in [0.15, 0.2) is 194 Å². The Balaban J connectivity index is 1.14. The number of aryl methyl sites for hydroxylation is 4. The first kappa shape index (κ1) is 42.1. The van der Waals surface area contributed by atoms with E-state index >= 15 is 0 Å². The summed E-state index contributed by atoms with van der Waals surface area (Å²) in [7, 11) is 0. The average Bonchev–Trinajstić information content (AvgIpc) is 3.53. The standard InChI is InChI=1S/C62H55NO/c1-42-17-25-49(26-18-42)56(50-27-19-43(2)20-28-50)15-10-12-46-23-31-53(32-24-46)63(54-33-34-61-59(40-54)57-14-7-8-16-60(57)62(61,5)6)55-37-45(4)35-48(38-55)39-58(52-13-9-11-44(3)36-52)51-29-21-47(41-64)22-30-51/h7-40,64H,41H2,1-6H3/b12-10+,58-39+. The summed E-state index contributed by atoms with van der Waals surface area (Å²) in [6.07, 6.45) is 8.90. The predicted molar refractivity (Wildman–Crippen MR) is 272 cm³/mol. The minimum absolute atomic E-state index is 0.0178. The van der Waals surface area contributed by atoms with Crippen LogP contribution < -0.4 is 4.90 Å². The van der Waals surface area contributed by atoms with Gasteiger partial charge in [0.1, 0.15) is 0 Å². The van der Waals surface area contributed by atoms with Crippen molar-refractivity contribution in [3.05, 3.63) is 266 Å². The second-order valence-corrected chi connectivity index (χ2v) is 17.9. The molecule has 0 atom stereocenters. The van der Waals surface area contributed by atoms with Crippen LogP contribution in [0.3, 0.4) is 0 Å². The zero-order valence-electron chi connectivity index (χ0n) is 37.7. The molecule has 1 aliphatic carbocycles. The number of hydrogen-bond donors (Lipinski definition) is 1. The highest BCUT2D eigenvalue weighted by Gasteiger charge is 2.35. The van der Waals surface area contributed by atoms with Gasteiger partial charge in [-0.25, -0.2) is 0 Å². The van der Waals surface area contributed by atoms with Crippen LogP contribution in [0, 0.1) is 27.7 Å². The summed E-state index contributed by atoms with van der Waals surface area (Å²) in [6, 6.07) is 66.2. The first-order valence-corrected chi connectivity index (χ1v) is 22.3. The molecule has 0 bridgehead atoms. The van der Waals surface area contributed by atoms with Crippen molar-refractivity contribution in [1.29, 1.82) is 0 Å². The second-order valence-electron chi connectivity index (χ2n) is 17.9. The Kier molecular flexibility index (Phi) is 11.7.